The van der Waals surface area contributed by atoms with Crippen molar-refractivity contribution in [2.45, 2.75) is 280 Å². The standard InChI is InChI=1S/C75H124N14O16/c1-20-43(15)33-34-53(91)80-54(38(5)6)68(97)87-61(46(18)90)72(101)82-56(40(9)10)69(98)83-57(41(11)12)74(103)89-36-28-32-52(89)66(95)78-50(31-27-35-76)64(93)85-59(44(16)21-2)71(100)88-62-47(19)105-75(104)58(42(13)14)84-63(92)49(23-4)77-65(94)51(37-48-29-25-24-26-30-48)79-67(96)55(39(7)8)81-70(99)60(45(17)22-3)86-73(62)102/h23-26,29-30,38-47,50-52,54-62,90H,20-22,27-28,31-37,76H2,1-19H3,(H,77,94)(H,78,95)(H,79,96)(H,80,91)(H,81,99)(H,82,101)(H,83,98)(H,84,92)(H,85,93)(H,86,102)(H,87,97)(H,88,100)/b49-23-/t43?,44?,45?,46?,47?,50?,51?,52?,54?,55-,56?,57?,58?,59?,60?,61?,62?/m0/s1. The Bertz CT molecular complexity index is 3160. The van der Waals surface area contributed by atoms with Crippen LogP contribution in [0.15, 0.2) is 42.1 Å². The zero-order valence-electron chi connectivity index (χ0n) is 65.2. The van der Waals surface area contributed by atoms with Crippen molar-refractivity contribution in [3.8, 4) is 0 Å². The fourth-order valence-corrected chi connectivity index (χ4v) is 12.0. The third-order valence-corrected chi connectivity index (χ3v) is 19.6. The van der Waals surface area contributed by atoms with E-state index in [0.29, 0.717) is 24.8 Å². The molecule has 2 aliphatic rings. The molecule has 0 radical (unpaired) electrons. The molecule has 30 heteroatoms. The van der Waals surface area contributed by atoms with Crippen molar-refractivity contribution >= 4 is 82.8 Å². The number of carbonyl (C=O) groups is 14. The van der Waals surface area contributed by atoms with Gasteiger partial charge in [0.2, 0.25) is 70.9 Å². The average molecular weight is 1480 g/mol. The number of nitrogens with one attached hydrogen (secondary N) is 12. The molecule has 0 aliphatic carbocycles. The Labute approximate surface area is 620 Å². The van der Waals surface area contributed by atoms with E-state index >= 15 is 9.59 Å². The summed E-state index contributed by atoms with van der Waals surface area (Å²) in [4.78, 5) is 202. The van der Waals surface area contributed by atoms with Gasteiger partial charge in [-0.25, -0.2) is 4.79 Å². The zero-order chi connectivity index (χ0) is 79.4. The summed E-state index contributed by atoms with van der Waals surface area (Å²) in [6.07, 6.45) is 1.08. The number of carbonyl (C=O) groups excluding carboxylic acids is 14. The summed E-state index contributed by atoms with van der Waals surface area (Å²) in [7, 11) is 0. The van der Waals surface area contributed by atoms with Crippen LogP contribution in [0, 0.1) is 47.3 Å². The maximum Gasteiger partial charge on any atom is 0.329 e. The van der Waals surface area contributed by atoms with Gasteiger partial charge in [-0.15, -0.1) is 0 Å². The molecule has 0 spiro atoms. The highest BCUT2D eigenvalue weighted by Crippen LogP contribution is 2.23. The number of amides is 13. The lowest BCUT2D eigenvalue weighted by Gasteiger charge is -2.33. The molecule has 105 heavy (non-hydrogen) atoms. The molecule has 1 aromatic carbocycles. The Morgan fingerprint density at radius 1 is 0.610 bits per heavy atom. The second-order valence-electron chi connectivity index (χ2n) is 30.0. The van der Waals surface area contributed by atoms with Crippen molar-refractivity contribution < 1.29 is 77.0 Å². The number of hydrogen-bond acceptors (Lipinski definition) is 17. The summed E-state index contributed by atoms with van der Waals surface area (Å²) in [6.45, 7) is 31.7. The third kappa shape index (κ3) is 27.4. The molecule has 0 saturated carbocycles. The smallest absolute Gasteiger partial charge is 0.329 e. The van der Waals surface area contributed by atoms with Crippen molar-refractivity contribution in [2.24, 2.45) is 53.1 Å². The van der Waals surface area contributed by atoms with E-state index in [2.05, 4.69) is 63.8 Å². The number of rotatable bonds is 33. The predicted molar refractivity (Wildman–Crippen MR) is 395 cm³/mol. The molecule has 30 nitrogen and oxygen atoms in total. The van der Waals surface area contributed by atoms with E-state index in [0.717, 1.165) is 6.42 Å². The Morgan fingerprint density at radius 3 is 1.69 bits per heavy atom. The number of allylic oxidation sites excluding steroid dienone is 1. The fraction of sp³-hybridized carbons (Fsp3) is 0.707. The number of benzene rings is 1. The van der Waals surface area contributed by atoms with Crippen LogP contribution in [0.3, 0.4) is 0 Å². The second kappa shape index (κ2) is 43.8. The Balaban J connectivity index is 2.00. The molecule has 13 amide bonds. The van der Waals surface area contributed by atoms with Gasteiger partial charge in [-0.05, 0) is 112 Å². The highest BCUT2D eigenvalue weighted by Gasteiger charge is 2.44. The van der Waals surface area contributed by atoms with E-state index in [1.165, 1.54) is 31.7 Å². The normalized spacial score (nSPS) is 22.8. The first kappa shape index (κ1) is 90.7. The highest BCUT2D eigenvalue weighted by atomic mass is 16.5. The molecular weight excluding hydrogens is 1350 g/mol. The molecule has 0 bridgehead atoms. The van der Waals surface area contributed by atoms with Crippen LogP contribution in [0.4, 0.5) is 0 Å². The van der Waals surface area contributed by atoms with Gasteiger partial charge in [-0.3, -0.25) is 62.3 Å². The van der Waals surface area contributed by atoms with Gasteiger partial charge in [0.05, 0.1) is 6.10 Å². The molecule has 17 atom stereocenters. The summed E-state index contributed by atoms with van der Waals surface area (Å²) < 4.78 is 5.96. The number of likely N-dealkylation sites (tertiary alicyclic amines) is 1. The third-order valence-electron chi connectivity index (χ3n) is 19.6. The first-order chi connectivity index (χ1) is 49.3. The number of hydrogen-bond donors (Lipinski definition) is 14. The van der Waals surface area contributed by atoms with Gasteiger partial charge in [-0.2, -0.15) is 0 Å². The SMILES string of the molecule is C/C=C1\NC(=O)C(Cc2ccccc2)NC(=O)[C@H](C(C)C)NC(=O)C(C(C)CC)NC(=O)C(NC(=O)C(NC(=O)C(CCCN)NC(=O)C2CCCN2C(=O)C(NC(=O)C(NC(=O)C(NC(=O)C(NC(=O)CCC(C)CC)C(C)C)C(C)O)C(C)C)C(C)C)C(C)CC)C(C)OC(=O)C(C(C)C)NC1=O. The Kier molecular flexibility index (Phi) is 37.8. The van der Waals surface area contributed by atoms with Gasteiger partial charge in [0.1, 0.15) is 84.3 Å². The maximum absolute atomic E-state index is 15.0. The topological polar surface area (TPSA) is 442 Å². The summed E-state index contributed by atoms with van der Waals surface area (Å²) >= 11 is 0. The monoisotopic (exact) mass is 1480 g/mol. The van der Waals surface area contributed by atoms with Crippen molar-refractivity contribution in [3.05, 3.63) is 47.7 Å². The van der Waals surface area contributed by atoms with Crippen LogP contribution in [-0.4, -0.2) is 191 Å². The fourth-order valence-electron chi connectivity index (χ4n) is 12.0. The molecule has 590 valence electrons. The lowest BCUT2D eigenvalue weighted by molar-refractivity contribution is -0.157. The van der Waals surface area contributed by atoms with Gasteiger partial charge in [0.15, 0.2) is 0 Å². The average Bonchev–Trinajstić information content (AvgIpc) is 1.80. The number of aliphatic hydroxyl groups is 1. The number of aliphatic hydroxyl groups excluding tert-OH is 1. The van der Waals surface area contributed by atoms with Gasteiger partial charge in [0.25, 0.3) is 5.91 Å². The maximum atomic E-state index is 15.0. The molecule has 2 heterocycles. The number of nitrogens with two attached hydrogens (primary N) is 1. The molecule has 2 aliphatic heterocycles. The lowest BCUT2D eigenvalue weighted by atomic mass is 9.95. The zero-order valence-corrected chi connectivity index (χ0v) is 65.2. The van der Waals surface area contributed by atoms with Crippen LogP contribution in [0.1, 0.15) is 195 Å². The lowest BCUT2D eigenvalue weighted by Crippen LogP contribution is -2.64. The van der Waals surface area contributed by atoms with Crippen LogP contribution in [0.5, 0.6) is 0 Å². The van der Waals surface area contributed by atoms with Crippen molar-refractivity contribution in [3.63, 3.8) is 0 Å². The Hall–Kier alpha value is -8.54. The first-order valence-electron chi connectivity index (χ1n) is 37.5. The van der Waals surface area contributed by atoms with Crippen LogP contribution in [-0.2, 0) is 78.3 Å². The number of cyclic esters (lactones) is 1. The molecule has 16 unspecified atom stereocenters. The summed E-state index contributed by atoms with van der Waals surface area (Å²) in [5, 5.41) is 43.2. The first-order valence-corrected chi connectivity index (χ1v) is 37.5. The summed E-state index contributed by atoms with van der Waals surface area (Å²) in [6, 6.07) is -7.67. The molecule has 0 aromatic heterocycles. The minimum absolute atomic E-state index is 0.0355. The van der Waals surface area contributed by atoms with Gasteiger partial charge >= 0.3 is 5.97 Å². The molecule has 1 aromatic rings. The molecule has 3 rings (SSSR count). The molecule has 2 saturated heterocycles. The molecule has 2 fully saturated rings. The van der Waals surface area contributed by atoms with E-state index in [4.69, 9.17) is 10.5 Å². The minimum atomic E-state index is -1.83. The van der Waals surface area contributed by atoms with Crippen LogP contribution in [0.25, 0.3) is 0 Å². The highest BCUT2D eigenvalue weighted by molar-refractivity contribution is 6.03. The van der Waals surface area contributed by atoms with E-state index in [-0.39, 0.29) is 69.1 Å². The molecular formula is C75H124N14O16. The van der Waals surface area contributed by atoms with Crippen LogP contribution >= 0.6 is 0 Å². The molecule has 15 N–H and O–H groups in total. The van der Waals surface area contributed by atoms with E-state index in [9.17, 15) is 62.6 Å². The number of ether oxygens (including phenoxy) is 1. The van der Waals surface area contributed by atoms with Crippen molar-refractivity contribution in [1.82, 2.24) is 68.7 Å². The number of nitrogens with zero attached hydrogens (tertiary/aromatic N) is 1. The number of esters is 1. The summed E-state index contributed by atoms with van der Waals surface area (Å²) in [5.74, 6) is -15.2. The Morgan fingerprint density at radius 2 is 1.15 bits per heavy atom. The predicted octanol–water partition coefficient (Wildman–Crippen LogP) is 1.84. The summed E-state index contributed by atoms with van der Waals surface area (Å²) in [5.41, 5.74) is 6.34. The van der Waals surface area contributed by atoms with Gasteiger partial charge < -0.3 is 84.3 Å². The van der Waals surface area contributed by atoms with Crippen molar-refractivity contribution in [2.75, 3.05) is 13.1 Å². The van der Waals surface area contributed by atoms with E-state index in [1.54, 1.807) is 127 Å². The van der Waals surface area contributed by atoms with Crippen LogP contribution in [0.2, 0.25) is 0 Å². The minimum Gasteiger partial charge on any atom is -0.458 e. The van der Waals surface area contributed by atoms with Gasteiger partial charge in [0, 0.05) is 19.4 Å². The quantitative estimate of drug-likeness (QED) is 0.0353. The van der Waals surface area contributed by atoms with E-state index < -0.39 is 203 Å². The van der Waals surface area contributed by atoms with Crippen molar-refractivity contribution in [1.29, 1.82) is 0 Å². The second-order valence-corrected chi connectivity index (χ2v) is 30.0. The van der Waals surface area contributed by atoms with Crippen LogP contribution < -0.4 is 69.5 Å². The largest absolute Gasteiger partial charge is 0.458 e. The van der Waals surface area contributed by atoms with E-state index in [1.807, 2.05) is 13.8 Å². The van der Waals surface area contributed by atoms with Gasteiger partial charge in [-0.1, -0.05) is 166 Å².